The highest BCUT2D eigenvalue weighted by Gasteiger charge is 2.19. The molecule has 1 fully saturated rings. The average molecular weight is 301 g/mol. The number of anilines is 1. The molecule has 112 valence electrons. The fraction of sp³-hybridized carbons (Fsp3) is 0.471. The molecular formula is C17H23N3S. The lowest BCUT2D eigenvalue weighted by molar-refractivity contribution is 0.414. The first-order valence-corrected chi connectivity index (χ1v) is 8.63. The van der Waals surface area contributed by atoms with Gasteiger partial charge in [-0.1, -0.05) is 13.0 Å². The van der Waals surface area contributed by atoms with E-state index in [1.54, 1.807) is 0 Å². The van der Waals surface area contributed by atoms with Crippen LogP contribution >= 0.6 is 11.3 Å². The van der Waals surface area contributed by atoms with E-state index in [0.29, 0.717) is 6.04 Å². The molecule has 0 aliphatic carbocycles. The van der Waals surface area contributed by atoms with E-state index in [1.807, 2.05) is 23.6 Å². The molecule has 4 heteroatoms. The Morgan fingerprint density at radius 3 is 2.67 bits per heavy atom. The van der Waals surface area contributed by atoms with Crippen molar-refractivity contribution in [2.24, 2.45) is 0 Å². The molecular weight excluding hydrogens is 278 g/mol. The Labute approximate surface area is 131 Å². The summed E-state index contributed by atoms with van der Waals surface area (Å²) in [6, 6.07) is 11.3. The predicted octanol–water partition coefficient (Wildman–Crippen LogP) is 3.46. The SMILES string of the molecule is CCc1ccc(CNC2CCN(c3ccccn3)CC2)s1. The summed E-state index contributed by atoms with van der Waals surface area (Å²) in [5.41, 5.74) is 0. The standard InChI is InChI=1S/C17H23N3S/c1-2-15-6-7-16(21-15)13-19-14-8-11-20(12-9-14)17-5-3-4-10-18-17/h3-7,10,14,19H,2,8-9,11-13H2,1H3. The zero-order valence-corrected chi connectivity index (χ0v) is 13.4. The van der Waals surface area contributed by atoms with Crippen LogP contribution in [0.15, 0.2) is 36.5 Å². The molecule has 0 aromatic carbocycles. The van der Waals surface area contributed by atoms with Gasteiger partial charge in [-0.3, -0.25) is 0 Å². The molecule has 3 rings (SSSR count). The van der Waals surface area contributed by atoms with Gasteiger partial charge in [0.2, 0.25) is 0 Å². The number of aryl methyl sites for hydroxylation is 1. The van der Waals surface area contributed by atoms with Crippen LogP contribution in [0.4, 0.5) is 5.82 Å². The van der Waals surface area contributed by atoms with Crippen LogP contribution in [0.1, 0.15) is 29.5 Å². The van der Waals surface area contributed by atoms with Crippen molar-refractivity contribution in [1.29, 1.82) is 0 Å². The van der Waals surface area contributed by atoms with E-state index in [1.165, 1.54) is 22.6 Å². The summed E-state index contributed by atoms with van der Waals surface area (Å²) in [4.78, 5) is 9.77. The third kappa shape index (κ3) is 3.83. The molecule has 0 bridgehead atoms. The monoisotopic (exact) mass is 301 g/mol. The Kier molecular flexibility index (Phi) is 4.88. The normalized spacial score (nSPS) is 16.3. The van der Waals surface area contributed by atoms with Gasteiger partial charge < -0.3 is 10.2 Å². The summed E-state index contributed by atoms with van der Waals surface area (Å²) < 4.78 is 0. The van der Waals surface area contributed by atoms with Crippen LogP contribution < -0.4 is 10.2 Å². The molecule has 0 unspecified atom stereocenters. The third-order valence-electron chi connectivity index (χ3n) is 4.10. The summed E-state index contributed by atoms with van der Waals surface area (Å²) in [6.07, 6.45) is 5.42. The maximum Gasteiger partial charge on any atom is 0.128 e. The van der Waals surface area contributed by atoms with E-state index in [4.69, 9.17) is 0 Å². The molecule has 0 saturated carbocycles. The van der Waals surface area contributed by atoms with Crippen molar-refractivity contribution < 1.29 is 0 Å². The van der Waals surface area contributed by atoms with Crippen LogP contribution in [0, 0.1) is 0 Å². The van der Waals surface area contributed by atoms with E-state index in [9.17, 15) is 0 Å². The molecule has 1 aliphatic rings. The number of hydrogen-bond donors (Lipinski definition) is 1. The van der Waals surface area contributed by atoms with Crippen molar-refractivity contribution in [3.63, 3.8) is 0 Å². The minimum Gasteiger partial charge on any atom is -0.357 e. The van der Waals surface area contributed by atoms with Crippen LogP contribution in [0.5, 0.6) is 0 Å². The van der Waals surface area contributed by atoms with E-state index in [2.05, 4.69) is 46.4 Å². The number of nitrogens with one attached hydrogen (secondary N) is 1. The molecule has 2 aromatic heterocycles. The molecule has 0 spiro atoms. The summed E-state index contributed by atoms with van der Waals surface area (Å²) in [6.45, 7) is 5.42. The van der Waals surface area contributed by atoms with Gasteiger partial charge in [0.15, 0.2) is 0 Å². The summed E-state index contributed by atoms with van der Waals surface area (Å²) in [5.74, 6) is 1.11. The molecule has 0 radical (unpaired) electrons. The Bertz CT molecular complexity index is 544. The summed E-state index contributed by atoms with van der Waals surface area (Å²) in [5, 5.41) is 3.71. The highest BCUT2D eigenvalue weighted by Crippen LogP contribution is 2.19. The van der Waals surface area contributed by atoms with Crippen LogP contribution in [0.3, 0.4) is 0 Å². The lowest BCUT2D eigenvalue weighted by Gasteiger charge is -2.33. The van der Waals surface area contributed by atoms with E-state index in [0.717, 1.165) is 31.9 Å². The smallest absolute Gasteiger partial charge is 0.128 e. The molecule has 0 amide bonds. The number of thiophene rings is 1. The van der Waals surface area contributed by atoms with Gasteiger partial charge >= 0.3 is 0 Å². The highest BCUT2D eigenvalue weighted by atomic mass is 32.1. The Morgan fingerprint density at radius 2 is 2.00 bits per heavy atom. The molecule has 3 nitrogen and oxygen atoms in total. The summed E-state index contributed by atoms with van der Waals surface area (Å²) >= 11 is 1.94. The fourth-order valence-electron chi connectivity index (χ4n) is 2.81. The molecule has 1 N–H and O–H groups in total. The number of rotatable bonds is 5. The first kappa shape index (κ1) is 14.5. The van der Waals surface area contributed by atoms with Gasteiger partial charge in [-0.15, -0.1) is 11.3 Å². The van der Waals surface area contributed by atoms with Gasteiger partial charge in [-0.2, -0.15) is 0 Å². The first-order chi connectivity index (χ1) is 10.3. The second-order valence-corrected chi connectivity index (χ2v) is 6.80. The van der Waals surface area contributed by atoms with Crippen molar-refractivity contribution in [3.05, 3.63) is 46.3 Å². The zero-order valence-electron chi connectivity index (χ0n) is 12.6. The second kappa shape index (κ2) is 7.05. The molecule has 3 heterocycles. The number of piperidine rings is 1. The minimum atomic E-state index is 0.636. The van der Waals surface area contributed by atoms with Crippen LogP contribution in [-0.4, -0.2) is 24.1 Å². The van der Waals surface area contributed by atoms with Gasteiger partial charge in [0.1, 0.15) is 5.82 Å². The Hall–Kier alpha value is -1.39. The Balaban J connectivity index is 1.45. The molecule has 2 aromatic rings. The Morgan fingerprint density at radius 1 is 1.19 bits per heavy atom. The average Bonchev–Trinajstić information content (AvgIpc) is 3.02. The largest absolute Gasteiger partial charge is 0.357 e. The van der Waals surface area contributed by atoms with Gasteiger partial charge in [0, 0.05) is 41.6 Å². The van der Waals surface area contributed by atoms with Crippen molar-refractivity contribution in [2.75, 3.05) is 18.0 Å². The molecule has 1 saturated heterocycles. The molecule has 0 atom stereocenters. The van der Waals surface area contributed by atoms with Gasteiger partial charge in [-0.05, 0) is 43.5 Å². The van der Waals surface area contributed by atoms with Gasteiger partial charge in [0.25, 0.3) is 0 Å². The predicted molar refractivity (Wildman–Crippen MR) is 90.0 cm³/mol. The lowest BCUT2D eigenvalue weighted by atomic mass is 10.1. The van der Waals surface area contributed by atoms with Crippen molar-refractivity contribution >= 4 is 17.2 Å². The van der Waals surface area contributed by atoms with Crippen LogP contribution in [0.2, 0.25) is 0 Å². The number of pyridine rings is 1. The molecule has 21 heavy (non-hydrogen) atoms. The zero-order chi connectivity index (χ0) is 14.5. The van der Waals surface area contributed by atoms with E-state index in [-0.39, 0.29) is 0 Å². The number of aromatic nitrogens is 1. The fourth-order valence-corrected chi connectivity index (χ4v) is 3.71. The maximum absolute atomic E-state index is 4.44. The second-order valence-electron chi connectivity index (χ2n) is 5.55. The number of nitrogens with zero attached hydrogens (tertiary/aromatic N) is 2. The first-order valence-electron chi connectivity index (χ1n) is 7.82. The number of hydrogen-bond acceptors (Lipinski definition) is 4. The van der Waals surface area contributed by atoms with Crippen LogP contribution in [0.25, 0.3) is 0 Å². The topological polar surface area (TPSA) is 28.2 Å². The minimum absolute atomic E-state index is 0.636. The van der Waals surface area contributed by atoms with Crippen molar-refractivity contribution in [3.8, 4) is 0 Å². The van der Waals surface area contributed by atoms with E-state index >= 15 is 0 Å². The van der Waals surface area contributed by atoms with Crippen molar-refractivity contribution in [2.45, 2.75) is 38.8 Å². The highest BCUT2D eigenvalue weighted by molar-refractivity contribution is 7.11. The molecule has 1 aliphatic heterocycles. The quantitative estimate of drug-likeness (QED) is 0.916. The maximum atomic E-state index is 4.44. The summed E-state index contributed by atoms with van der Waals surface area (Å²) in [7, 11) is 0. The van der Waals surface area contributed by atoms with Crippen molar-refractivity contribution in [1.82, 2.24) is 10.3 Å². The van der Waals surface area contributed by atoms with Crippen LogP contribution in [-0.2, 0) is 13.0 Å². The third-order valence-corrected chi connectivity index (χ3v) is 5.33. The van der Waals surface area contributed by atoms with Gasteiger partial charge in [0.05, 0.1) is 0 Å². The van der Waals surface area contributed by atoms with Gasteiger partial charge in [-0.25, -0.2) is 4.98 Å². The van der Waals surface area contributed by atoms with E-state index < -0.39 is 0 Å². The lowest BCUT2D eigenvalue weighted by Crippen LogP contribution is -2.42.